The van der Waals surface area contributed by atoms with Crippen LogP contribution in [0, 0.1) is 6.92 Å². The quantitative estimate of drug-likeness (QED) is 0.888. The van der Waals surface area contributed by atoms with Crippen LogP contribution < -0.4 is 5.32 Å². The van der Waals surface area contributed by atoms with Crippen molar-refractivity contribution in [3.63, 3.8) is 0 Å². The summed E-state index contributed by atoms with van der Waals surface area (Å²) >= 11 is 1.51. The number of ether oxygens (including phenoxy) is 1. The maximum absolute atomic E-state index is 12.0. The van der Waals surface area contributed by atoms with Gasteiger partial charge in [0, 0.05) is 19.6 Å². The van der Waals surface area contributed by atoms with E-state index in [1.807, 2.05) is 13.8 Å². The molecule has 1 aliphatic heterocycles. The summed E-state index contributed by atoms with van der Waals surface area (Å²) in [6.45, 7) is 8.93. The van der Waals surface area contributed by atoms with Crippen LogP contribution in [-0.4, -0.2) is 48.6 Å². The van der Waals surface area contributed by atoms with Gasteiger partial charge in [-0.2, -0.15) is 0 Å². The molecular weight excluding hydrogens is 262 g/mol. The Bertz CT molecular complexity index is 428. The zero-order valence-corrected chi connectivity index (χ0v) is 12.4. The molecule has 19 heavy (non-hydrogen) atoms. The fourth-order valence-electron chi connectivity index (χ4n) is 2.00. The molecule has 0 radical (unpaired) electrons. The third kappa shape index (κ3) is 3.99. The third-order valence-corrected chi connectivity index (χ3v) is 4.19. The third-order valence-electron chi connectivity index (χ3n) is 3.05. The Morgan fingerprint density at radius 1 is 1.47 bits per heavy atom. The van der Waals surface area contributed by atoms with Gasteiger partial charge in [-0.1, -0.05) is 6.92 Å². The number of thiazole rings is 1. The Morgan fingerprint density at radius 2 is 2.21 bits per heavy atom. The smallest absolute Gasteiger partial charge is 0.263 e. The molecule has 0 saturated carbocycles. The molecule has 0 bridgehead atoms. The van der Waals surface area contributed by atoms with Gasteiger partial charge in [0.25, 0.3) is 5.91 Å². The van der Waals surface area contributed by atoms with Crippen molar-refractivity contribution in [2.24, 2.45) is 0 Å². The highest BCUT2D eigenvalue weighted by atomic mass is 32.1. The number of hydrogen-bond acceptors (Lipinski definition) is 5. The van der Waals surface area contributed by atoms with E-state index in [4.69, 9.17) is 4.74 Å². The van der Waals surface area contributed by atoms with E-state index in [2.05, 4.69) is 15.2 Å². The molecule has 1 N–H and O–H groups in total. The van der Waals surface area contributed by atoms with Gasteiger partial charge in [-0.3, -0.25) is 9.69 Å². The van der Waals surface area contributed by atoms with E-state index < -0.39 is 0 Å². The first kappa shape index (κ1) is 14.4. The zero-order valence-electron chi connectivity index (χ0n) is 11.6. The monoisotopic (exact) mass is 283 g/mol. The summed E-state index contributed by atoms with van der Waals surface area (Å²) in [7, 11) is 0. The summed E-state index contributed by atoms with van der Waals surface area (Å²) in [4.78, 5) is 19.5. The second-order valence-corrected chi connectivity index (χ2v) is 5.75. The van der Waals surface area contributed by atoms with E-state index in [9.17, 15) is 4.79 Å². The van der Waals surface area contributed by atoms with Crippen LogP contribution >= 0.6 is 11.3 Å². The molecule has 6 heteroatoms. The van der Waals surface area contributed by atoms with Crippen molar-refractivity contribution >= 4 is 17.2 Å². The van der Waals surface area contributed by atoms with Crippen molar-refractivity contribution in [1.82, 2.24) is 15.2 Å². The van der Waals surface area contributed by atoms with Crippen LogP contribution in [0.2, 0.25) is 0 Å². The van der Waals surface area contributed by atoms with Gasteiger partial charge in [0.2, 0.25) is 0 Å². The van der Waals surface area contributed by atoms with Crippen LogP contribution in [0.15, 0.2) is 0 Å². The number of morpholine rings is 1. The molecule has 1 fully saturated rings. The summed E-state index contributed by atoms with van der Waals surface area (Å²) in [5, 5.41) is 3.92. The van der Waals surface area contributed by atoms with Gasteiger partial charge in [0.15, 0.2) is 0 Å². The molecule has 0 aliphatic carbocycles. The van der Waals surface area contributed by atoms with Crippen molar-refractivity contribution in [1.29, 1.82) is 0 Å². The molecule has 0 aromatic carbocycles. The highest BCUT2D eigenvalue weighted by molar-refractivity contribution is 7.13. The number of nitrogens with zero attached hydrogens (tertiary/aromatic N) is 2. The van der Waals surface area contributed by atoms with Gasteiger partial charge >= 0.3 is 0 Å². The maximum atomic E-state index is 12.0. The number of carbonyl (C=O) groups is 1. The van der Waals surface area contributed by atoms with E-state index in [0.29, 0.717) is 0 Å². The average molecular weight is 283 g/mol. The van der Waals surface area contributed by atoms with Crippen LogP contribution in [0.25, 0.3) is 0 Å². The van der Waals surface area contributed by atoms with Gasteiger partial charge in [0.05, 0.1) is 25.5 Å². The Labute approximate surface area is 118 Å². The van der Waals surface area contributed by atoms with E-state index in [1.54, 1.807) is 0 Å². The van der Waals surface area contributed by atoms with Gasteiger partial charge < -0.3 is 10.1 Å². The zero-order chi connectivity index (χ0) is 13.7. The van der Waals surface area contributed by atoms with Crippen molar-refractivity contribution < 1.29 is 9.53 Å². The summed E-state index contributed by atoms with van der Waals surface area (Å²) in [5.74, 6) is 0.00470. The maximum Gasteiger partial charge on any atom is 0.263 e. The second kappa shape index (κ2) is 6.98. The molecular formula is C13H21N3O2S. The standard InChI is InChI=1S/C13H21N3O2S/c1-3-4-14-13(17)12-10(2)15-11(19-12)9-16-5-7-18-8-6-16/h3-9H2,1-2H3,(H,14,17). The number of carbonyl (C=O) groups excluding carboxylic acids is 1. The Kier molecular flexibility index (Phi) is 5.30. The summed E-state index contributed by atoms with van der Waals surface area (Å²) in [6.07, 6.45) is 0.949. The van der Waals surface area contributed by atoms with Gasteiger partial charge in [-0.25, -0.2) is 4.98 Å². The lowest BCUT2D eigenvalue weighted by Gasteiger charge is -2.25. The number of hydrogen-bond donors (Lipinski definition) is 1. The van der Waals surface area contributed by atoms with Crippen molar-refractivity contribution in [2.75, 3.05) is 32.8 Å². The van der Waals surface area contributed by atoms with E-state index in [1.165, 1.54) is 11.3 Å². The first-order valence-electron chi connectivity index (χ1n) is 6.75. The lowest BCUT2D eigenvalue weighted by Crippen LogP contribution is -2.35. The molecule has 2 heterocycles. The van der Waals surface area contributed by atoms with E-state index in [0.717, 1.165) is 61.4 Å². The molecule has 5 nitrogen and oxygen atoms in total. The second-order valence-electron chi connectivity index (χ2n) is 4.67. The lowest BCUT2D eigenvalue weighted by atomic mass is 10.3. The molecule has 1 aromatic heterocycles. The first-order chi connectivity index (χ1) is 9.20. The number of nitrogens with one attached hydrogen (secondary N) is 1. The first-order valence-corrected chi connectivity index (χ1v) is 7.57. The average Bonchev–Trinajstić information content (AvgIpc) is 2.78. The predicted octanol–water partition coefficient (Wildman–Crippen LogP) is 1.42. The normalized spacial score (nSPS) is 16.5. The van der Waals surface area contributed by atoms with Crippen LogP contribution in [0.5, 0.6) is 0 Å². The summed E-state index contributed by atoms with van der Waals surface area (Å²) in [5.41, 5.74) is 0.835. The fraction of sp³-hybridized carbons (Fsp3) is 0.692. The molecule has 0 atom stereocenters. The van der Waals surface area contributed by atoms with Crippen LogP contribution in [0.3, 0.4) is 0 Å². The van der Waals surface area contributed by atoms with Crippen LogP contribution in [0.1, 0.15) is 33.7 Å². The topological polar surface area (TPSA) is 54.5 Å². The largest absolute Gasteiger partial charge is 0.379 e. The molecule has 1 aromatic rings. The Hall–Kier alpha value is -0.980. The van der Waals surface area contributed by atoms with Crippen molar-refractivity contribution in [3.05, 3.63) is 15.6 Å². The highest BCUT2D eigenvalue weighted by Crippen LogP contribution is 2.19. The van der Waals surface area contributed by atoms with E-state index >= 15 is 0 Å². The minimum atomic E-state index is 0.00470. The summed E-state index contributed by atoms with van der Waals surface area (Å²) < 4.78 is 5.33. The van der Waals surface area contributed by atoms with Gasteiger partial charge in [-0.05, 0) is 13.3 Å². The van der Waals surface area contributed by atoms with Crippen LogP contribution in [-0.2, 0) is 11.3 Å². The molecule has 1 amide bonds. The molecule has 2 rings (SSSR count). The summed E-state index contributed by atoms with van der Waals surface area (Å²) in [6, 6.07) is 0. The number of aryl methyl sites for hydroxylation is 1. The predicted molar refractivity (Wildman–Crippen MR) is 75.6 cm³/mol. The number of rotatable bonds is 5. The minimum Gasteiger partial charge on any atom is -0.379 e. The highest BCUT2D eigenvalue weighted by Gasteiger charge is 2.17. The van der Waals surface area contributed by atoms with Gasteiger partial charge in [-0.15, -0.1) is 11.3 Å². The van der Waals surface area contributed by atoms with Crippen LogP contribution in [0.4, 0.5) is 0 Å². The lowest BCUT2D eigenvalue weighted by molar-refractivity contribution is 0.0341. The Morgan fingerprint density at radius 3 is 2.89 bits per heavy atom. The molecule has 1 aliphatic rings. The number of amides is 1. The molecule has 106 valence electrons. The molecule has 0 spiro atoms. The van der Waals surface area contributed by atoms with Gasteiger partial charge in [0.1, 0.15) is 9.88 Å². The SMILES string of the molecule is CCCNC(=O)c1sc(CN2CCOCC2)nc1C. The van der Waals surface area contributed by atoms with Crippen molar-refractivity contribution in [3.8, 4) is 0 Å². The molecule has 1 saturated heterocycles. The van der Waals surface area contributed by atoms with E-state index in [-0.39, 0.29) is 5.91 Å². The van der Waals surface area contributed by atoms with Crippen molar-refractivity contribution in [2.45, 2.75) is 26.8 Å². The Balaban J connectivity index is 1.97. The fourth-order valence-corrected chi connectivity index (χ4v) is 3.02. The minimum absolute atomic E-state index is 0.00470. The number of aromatic nitrogens is 1. The molecule has 0 unspecified atom stereocenters.